The summed E-state index contributed by atoms with van der Waals surface area (Å²) in [6, 6.07) is 10.9. The summed E-state index contributed by atoms with van der Waals surface area (Å²) in [5, 5.41) is 4.11. The maximum Gasteiger partial charge on any atom is 0.223 e. The number of carbonyl (C=O) groups excluding carboxylic acids is 1. The first-order valence-electron chi connectivity index (χ1n) is 11.5. The standard InChI is InChI=1S/C24H33N5OS/c1-19-7-5-6-15-28(19)18-14-26-23(30)20-10-16-29(17-11-20)22-24(27-13-12-25-22)31-21-8-3-2-4-9-21/h2-4,8-9,12-13,19-20H,5-7,10-11,14-18H2,1H3,(H,26,30)/t19-/m1/s1. The highest BCUT2D eigenvalue weighted by Crippen LogP contribution is 2.33. The summed E-state index contributed by atoms with van der Waals surface area (Å²) >= 11 is 1.64. The van der Waals surface area contributed by atoms with E-state index >= 15 is 0 Å². The molecule has 1 aromatic heterocycles. The molecule has 7 heteroatoms. The third kappa shape index (κ3) is 5.98. The minimum absolute atomic E-state index is 0.0944. The first-order chi connectivity index (χ1) is 15.2. The Morgan fingerprint density at radius 3 is 2.61 bits per heavy atom. The van der Waals surface area contributed by atoms with Gasteiger partial charge in [0.1, 0.15) is 5.03 Å². The van der Waals surface area contributed by atoms with Crippen molar-refractivity contribution in [1.82, 2.24) is 20.2 Å². The van der Waals surface area contributed by atoms with Crippen LogP contribution in [0.15, 0.2) is 52.6 Å². The number of carbonyl (C=O) groups is 1. The van der Waals surface area contributed by atoms with Crippen molar-refractivity contribution < 1.29 is 4.79 Å². The zero-order valence-corrected chi connectivity index (χ0v) is 19.2. The number of aromatic nitrogens is 2. The lowest BCUT2D eigenvalue weighted by molar-refractivity contribution is -0.125. The molecule has 2 aliphatic rings. The zero-order chi connectivity index (χ0) is 21.5. The monoisotopic (exact) mass is 439 g/mol. The van der Waals surface area contributed by atoms with Gasteiger partial charge in [0.2, 0.25) is 5.91 Å². The van der Waals surface area contributed by atoms with E-state index in [0.29, 0.717) is 6.04 Å². The van der Waals surface area contributed by atoms with Crippen LogP contribution in [0.25, 0.3) is 0 Å². The molecule has 31 heavy (non-hydrogen) atoms. The highest BCUT2D eigenvalue weighted by molar-refractivity contribution is 7.99. The summed E-state index contributed by atoms with van der Waals surface area (Å²) in [5.74, 6) is 1.23. The Bertz CT molecular complexity index is 841. The molecule has 0 unspecified atom stereocenters. The average molecular weight is 440 g/mol. The summed E-state index contributed by atoms with van der Waals surface area (Å²) in [6.07, 6.45) is 9.11. The molecule has 2 saturated heterocycles. The van der Waals surface area contributed by atoms with Crippen molar-refractivity contribution in [3.8, 4) is 0 Å². The van der Waals surface area contributed by atoms with Gasteiger partial charge in [-0.25, -0.2) is 9.97 Å². The minimum atomic E-state index is 0.0944. The number of hydrogen-bond acceptors (Lipinski definition) is 6. The summed E-state index contributed by atoms with van der Waals surface area (Å²) in [5.41, 5.74) is 0. The van der Waals surface area contributed by atoms with Crippen LogP contribution in [-0.4, -0.2) is 59.5 Å². The maximum absolute atomic E-state index is 12.7. The average Bonchev–Trinajstić information content (AvgIpc) is 2.81. The van der Waals surface area contributed by atoms with Crippen LogP contribution in [0.4, 0.5) is 5.82 Å². The number of hydrogen-bond donors (Lipinski definition) is 1. The second-order valence-corrected chi connectivity index (χ2v) is 9.60. The predicted molar refractivity (Wildman–Crippen MR) is 125 cm³/mol. The fourth-order valence-corrected chi connectivity index (χ4v) is 5.42. The molecule has 1 N–H and O–H groups in total. The quantitative estimate of drug-likeness (QED) is 0.707. The number of anilines is 1. The van der Waals surface area contributed by atoms with E-state index in [0.717, 1.165) is 61.3 Å². The van der Waals surface area contributed by atoms with Crippen molar-refractivity contribution in [1.29, 1.82) is 0 Å². The van der Waals surface area contributed by atoms with E-state index in [1.807, 2.05) is 18.2 Å². The number of rotatable bonds is 7. The molecule has 2 aliphatic heterocycles. The Balaban J connectivity index is 1.26. The van der Waals surface area contributed by atoms with Gasteiger partial charge in [0, 0.05) is 55.4 Å². The third-order valence-corrected chi connectivity index (χ3v) is 7.40. The molecule has 3 heterocycles. The molecule has 0 spiro atoms. The number of nitrogens with zero attached hydrogens (tertiary/aromatic N) is 4. The van der Waals surface area contributed by atoms with Crippen molar-refractivity contribution in [2.24, 2.45) is 5.92 Å². The number of likely N-dealkylation sites (tertiary alicyclic amines) is 1. The minimum Gasteiger partial charge on any atom is -0.355 e. The largest absolute Gasteiger partial charge is 0.355 e. The molecule has 0 aliphatic carbocycles. The molecule has 1 amide bonds. The molecular formula is C24H33N5OS. The summed E-state index contributed by atoms with van der Waals surface area (Å²) in [7, 11) is 0. The molecular weight excluding hydrogens is 406 g/mol. The smallest absolute Gasteiger partial charge is 0.223 e. The Labute approximate surface area is 189 Å². The summed E-state index contributed by atoms with van der Waals surface area (Å²) < 4.78 is 0. The molecule has 1 atom stereocenters. The van der Waals surface area contributed by atoms with E-state index < -0.39 is 0 Å². The van der Waals surface area contributed by atoms with Crippen molar-refractivity contribution in [3.63, 3.8) is 0 Å². The molecule has 166 valence electrons. The Kier molecular flexibility index (Phi) is 7.81. The van der Waals surface area contributed by atoms with Gasteiger partial charge in [-0.3, -0.25) is 9.69 Å². The van der Waals surface area contributed by atoms with Gasteiger partial charge in [-0.05, 0) is 51.3 Å². The van der Waals surface area contributed by atoms with Gasteiger partial charge in [0.25, 0.3) is 0 Å². The molecule has 0 bridgehead atoms. The van der Waals surface area contributed by atoms with E-state index in [1.165, 1.54) is 19.3 Å². The maximum atomic E-state index is 12.7. The van der Waals surface area contributed by atoms with Crippen LogP contribution < -0.4 is 10.2 Å². The van der Waals surface area contributed by atoms with Crippen molar-refractivity contribution in [3.05, 3.63) is 42.7 Å². The van der Waals surface area contributed by atoms with Crippen LogP contribution in [0.5, 0.6) is 0 Å². The van der Waals surface area contributed by atoms with Crippen LogP contribution in [0.2, 0.25) is 0 Å². The highest BCUT2D eigenvalue weighted by Gasteiger charge is 2.27. The second kappa shape index (κ2) is 11.0. The van der Waals surface area contributed by atoms with Crippen LogP contribution in [-0.2, 0) is 4.79 Å². The Hall–Kier alpha value is -2.12. The van der Waals surface area contributed by atoms with Crippen LogP contribution in [0.1, 0.15) is 39.0 Å². The van der Waals surface area contributed by atoms with E-state index in [9.17, 15) is 4.79 Å². The number of piperidine rings is 2. The van der Waals surface area contributed by atoms with Crippen molar-refractivity contribution in [2.45, 2.75) is 55.0 Å². The fourth-order valence-electron chi connectivity index (χ4n) is 4.52. The SMILES string of the molecule is C[C@@H]1CCCCN1CCNC(=O)C1CCN(c2nccnc2Sc2ccccc2)CC1. The molecule has 4 rings (SSSR count). The van der Waals surface area contributed by atoms with E-state index in [-0.39, 0.29) is 11.8 Å². The van der Waals surface area contributed by atoms with Gasteiger partial charge in [-0.1, -0.05) is 36.4 Å². The number of amides is 1. The Morgan fingerprint density at radius 2 is 1.84 bits per heavy atom. The van der Waals surface area contributed by atoms with Crippen molar-refractivity contribution >= 4 is 23.5 Å². The number of nitrogens with one attached hydrogen (secondary N) is 1. The lowest BCUT2D eigenvalue weighted by Gasteiger charge is -2.34. The van der Waals surface area contributed by atoms with Gasteiger partial charge >= 0.3 is 0 Å². The van der Waals surface area contributed by atoms with Crippen molar-refractivity contribution in [2.75, 3.05) is 37.6 Å². The summed E-state index contributed by atoms with van der Waals surface area (Å²) in [4.78, 5) is 27.8. The lowest BCUT2D eigenvalue weighted by Crippen LogP contribution is -2.45. The first-order valence-corrected chi connectivity index (χ1v) is 12.3. The third-order valence-electron chi connectivity index (χ3n) is 6.41. The van der Waals surface area contributed by atoms with Crippen LogP contribution >= 0.6 is 11.8 Å². The molecule has 2 fully saturated rings. The van der Waals surface area contributed by atoms with Crippen LogP contribution in [0, 0.1) is 5.92 Å². The molecule has 0 radical (unpaired) electrons. The number of benzene rings is 1. The molecule has 2 aromatic rings. The predicted octanol–water partition coefficient (Wildman–Crippen LogP) is 3.83. The van der Waals surface area contributed by atoms with Gasteiger partial charge in [0.15, 0.2) is 5.82 Å². The van der Waals surface area contributed by atoms with Crippen LogP contribution in [0.3, 0.4) is 0 Å². The van der Waals surface area contributed by atoms with Gasteiger partial charge < -0.3 is 10.2 Å². The van der Waals surface area contributed by atoms with E-state index in [1.54, 1.807) is 24.2 Å². The van der Waals surface area contributed by atoms with Gasteiger partial charge in [0.05, 0.1) is 0 Å². The lowest BCUT2D eigenvalue weighted by atomic mass is 9.96. The zero-order valence-electron chi connectivity index (χ0n) is 18.4. The second-order valence-electron chi connectivity index (χ2n) is 8.53. The van der Waals surface area contributed by atoms with Gasteiger partial charge in [-0.2, -0.15) is 0 Å². The fraction of sp³-hybridized carbons (Fsp3) is 0.542. The molecule has 1 aromatic carbocycles. The van der Waals surface area contributed by atoms with E-state index in [2.05, 4.69) is 44.1 Å². The van der Waals surface area contributed by atoms with Gasteiger partial charge in [-0.15, -0.1) is 0 Å². The topological polar surface area (TPSA) is 61.4 Å². The normalized spacial score (nSPS) is 20.5. The summed E-state index contributed by atoms with van der Waals surface area (Å²) in [6.45, 7) is 6.85. The molecule has 0 saturated carbocycles. The highest BCUT2D eigenvalue weighted by atomic mass is 32.2. The Morgan fingerprint density at radius 1 is 1.06 bits per heavy atom. The molecule has 6 nitrogen and oxygen atoms in total. The first kappa shape index (κ1) is 22.1. The van der Waals surface area contributed by atoms with E-state index in [4.69, 9.17) is 0 Å².